The van der Waals surface area contributed by atoms with Crippen molar-refractivity contribution in [3.63, 3.8) is 0 Å². The zero-order valence-corrected chi connectivity index (χ0v) is 23.0. The quantitative estimate of drug-likeness (QED) is 0.329. The Bertz CT molecular complexity index is 1250. The maximum Gasteiger partial charge on any atom is 0.413 e. The third-order valence-electron chi connectivity index (χ3n) is 6.35. The summed E-state index contributed by atoms with van der Waals surface area (Å²) in [7, 11) is 4.86. The summed E-state index contributed by atoms with van der Waals surface area (Å²) < 4.78 is 10.7. The van der Waals surface area contributed by atoms with E-state index in [0.717, 1.165) is 24.5 Å². The molecule has 39 heavy (non-hydrogen) atoms. The molecule has 0 saturated heterocycles. The van der Waals surface area contributed by atoms with E-state index in [1.807, 2.05) is 0 Å². The summed E-state index contributed by atoms with van der Waals surface area (Å²) >= 11 is 0. The van der Waals surface area contributed by atoms with E-state index >= 15 is 0 Å². The SMILES string of the molecule is CCN(CC)CCN(C)C(=O)c1ccc(Nc2nccc(N(Cc3cc(OC)ccc3OC)C(=O)O)n2)cc1. The second-order valence-electron chi connectivity index (χ2n) is 8.74. The maximum atomic E-state index is 12.8. The highest BCUT2D eigenvalue weighted by atomic mass is 16.5. The molecule has 1 heterocycles. The number of nitrogens with zero attached hydrogens (tertiary/aromatic N) is 5. The number of amides is 2. The molecule has 1 aromatic heterocycles. The number of rotatable bonds is 13. The summed E-state index contributed by atoms with van der Waals surface area (Å²) in [4.78, 5) is 38.6. The number of methoxy groups -OCH3 is 2. The lowest BCUT2D eigenvalue weighted by Gasteiger charge is -2.23. The number of hydrogen-bond donors (Lipinski definition) is 2. The van der Waals surface area contributed by atoms with Crippen molar-refractivity contribution in [2.45, 2.75) is 20.4 Å². The second kappa shape index (κ2) is 14.0. The molecular formula is C28H36N6O5. The number of likely N-dealkylation sites (N-methyl/N-ethyl adjacent to an activating group) is 2. The third kappa shape index (κ3) is 7.81. The molecule has 2 N–H and O–H groups in total. The van der Waals surface area contributed by atoms with Crippen molar-refractivity contribution >= 4 is 29.5 Å². The summed E-state index contributed by atoms with van der Waals surface area (Å²) in [6.45, 7) is 7.55. The van der Waals surface area contributed by atoms with E-state index in [4.69, 9.17) is 9.47 Å². The molecule has 0 saturated carbocycles. The molecule has 0 radical (unpaired) electrons. The Balaban J connectivity index is 1.72. The Kier molecular flexibility index (Phi) is 10.4. The molecule has 0 bridgehead atoms. The molecule has 0 unspecified atom stereocenters. The first-order valence-corrected chi connectivity index (χ1v) is 12.7. The highest BCUT2D eigenvalue weighted by Gasteiger charge is 2.20. The van der Waals surface area contributed by atoms with E-state index in [9.17, 15) is 14.7 Å². The molecule has 208 valence electrons. The zero-order valence-electron chi connectivity index (χ0n) is 23.0. The van der Waals surface area contributed by atoms with Crippen LogP contribution >= 0.6 is 0 Å². The number of carbonyl (C=O) groups is 2. The van der Waals surface area contributed by atoms with Gasteiger partial charge in [-0.05, 0) is 61.6 Å². The van der Waals surface area contributed by atoms with Crippen LogP contribution in [-0.4, -0.2) is 84.3 Å². The van der Waals surface area contributed by atoms with Crippen molar-refractivity contribution in [3.05, 3.63) is 65.9 Å². The molecule has 2 amide bonds. The van der Waals surface area contributed by atoms with Gasteiger partial charge in [0.1, 0.15) is 17.3 Å². The molecule has 0 aliphatic heterocycles. The Morgan fingerprint density at radius 1 is 0.974 bits per heavy atom. The van der Waals surface area contributed by atoms with Crippen molar-refractivity contribution in [1.82, 2.24) is 19.8 Å². The van der Waals surface area contributed by atoms with Crippen LogP contribution in [0.3, 0.4) is 0 Å². The smallest absolute Gasteiger partial charge is 0.413 e. The summed E-state index contributed by atoms with van der Waals surface area (Å²) in [5.41, 5.74) is 1.85. The highest BCUT2D eigenvalue weighted by Crippen LogP contribution is 2.27. The fourth-order valence-electron chi connectivity index (χ4n) is 3.96. The van der Waals surface area contributed by atoms with Gasteiger partial charge in [-0.2, -0.15) is 4.98 Å². The summed E-state index contributed by atoms with van der Waals surface area (Å²) in [5.74, 6) is 1.45. The number of hydrogen-bond acceptors (Lipinski definition) is 8. The molecule has 11 nitrogen and oxygen atoms in total. The van der Waals surface area contributed by atoms with E-state index in [1.54, 1.807) is 54.4 Å². The third-order valence-corrected chi connectivity index (χ3v) is 6.35. The van der Waals surface area contributed by atoms with Gasteiger partial charge in [0.15, 0.2) is 0 Å². The van der Waals surface area contributed by atoms with Crippen molar-refractivity contribution in [3.8, 4) is 11.5 Å². The first kappa shape index (κ1) is 29.2. The van der Waals surface area contributed by atoms with Crippen LogP contribution in [0.5, 0.6) is 11.5 Å². The van der Waals surface area contributed by atoms with Crippen molar-refractivity contribution in [2.75, 3.05) is 57.7 Å². The standard InChI is InChI=1S/C28H36N6O5/c1-6-33(7-2)17-16-32(3)26(35)20-8-10-22(11-9-20)30-27-29-15-14-25(31-27)34(28(36)37)19-21-18-23(38-4)12-13-24(21)39-5/h8-15,18H,6-7,16-17,19H2,1-5H3,(H,36,37)(H,29,30,31). The lowest BCUT2D eigenvalue weighted by atomic mass is 10.1. The number of ether oxygens (including phenoxy) is 2. The van der Waals surface area contributed by atoms with Crippen molar-refractivity contribution < 1.29 is 24.2 Å². The van der Waals surface area contributed by atoms with Crippen LogP contribution in [0.4, 0.5) is 22.2 Å². The van der Waals surface area contributed by atoms with Gasteiger partial charge in [0.2, 0.25) is 5.95 Å². The Labute approximate surface area is 229 Å². The lowest BCUT2D eigenvalue weighted by molar-refractivity contribution is 0.0779. The van der Waals surface area contributed by atoms with E-state index in [0.29, 0.717) is 34.9 Å². The molecule has 3 aromatic rings. The minimum atomic E-state index is -1.18. The highest BCUT2D eigenvalue weighted by molar-refractivity contribution is 5.94. The average Bonchev–Trinajstić information content (AvgIpc) is 2.96. The number of carbonyl (C=O) groups excluding carboxylic acids is 1. The van der Waals surface area contributed by atoms with Gasteiger partial charge in [-0.25, -0.2) is 9.78 Å². The number of aromatic nitrogens is 2. The first-order chi connectivity index (χ1) is 18.8. The molecule has 11 heteroatoms. The minimum Gasteiger partial charge on any atom is -0.497 e. The average molecular weight is 537 g/mol. The maximum absolute atomic E-state index is 12.8. The normalized spacial score (nSPS) is 10.7. The number of anilines is 3. The monoisotopic (exact) mass is 536 g/mol. The van der Waals surface area contributed by atoms with Gasteiger partial charge in [-0.15, -0.1) is 0 Å². The molecule has 3 rings (SSSR count). The minimum absolute atomic E-state index is 0.00917. The molecule has 0 atom stereocenters. The topological polar surface area (TPSA) is 120 Å². The summed E-state index contributed by atoms with van der Waals surface area (Å²) in [6, 6.07) is 13.7. The predicted molar refractivity (Wildman–Crippen MR) is 150 cm³/mol. The van der Waals surface area contributed by atoms with Gasteiger partial charge in [0.05, 0.1) is 20.8 Å². The van der Waals surface area contributed by atoms with Gasteiger partial charge in [-0.1, -0.05) is 13.8 Å². The fraction of sp³-hybridized carbons (Fsp3) is 0.357. The van der Waals surface area contributed by atoms with Crippen molar-refractivity contribution in [2.24, 2.45) is 0 Å². The van der Waals surface area contributed by atoms with Gasteiger partial charge < -0.3 is 29.7 Å². The lowest BCUT2D eigenvalue weighted by Crippen LogP contribution is -2.36. The first-order valence-electron chi connectivity index (χ1n) is 12.7. The Morgan fingerprint density at radius 2 is 1.69 bits per heavy atom. The van der Waals surface area contributed by atoms with Crippen LogP contribution < -0.4 is 19.7 Å². The van der Waals surface area contributed by atoms with Crippen LogP contribution in [0, 0.1) is 0 Å². The van der Waals surface area contributed by atoms with Gasteiger partial charge in [-0.3, -0.25) is 9.69 Å². The molecule has 0 fully saturated rings. The van der Waals surface area contributed by atoms with Crippen LogP contribution in [0.2, 0.25) is 0 Å². The number of carboxylic acid groups (broad SMARTS) is 1. The van der Waals surface area contributed by atoms with E-state index in [-0.39, 0.29) is 24.2 Å². The molecule has 0 aliphatic carbocycles. The fourth-order valence-corrected chi connectivity index (χ4v) is 3.96. The zero-order chi connectivity index (χ0) is 28.4. The number of nitrogens with one attached hydrogen (secondary N) is 1. The largest absolute Gasteiger partial charge is 0.497 e. The van der Waals surface area contributed by atoms with E-state index in [2.05, 4.69) is 34.0 Å². The summed E-state index contributed by atoms with van der Waals surface area (Å²) in [5, 5.41) is 13.0. The Hall–Kier alpha value is -4.38. The molecule has 0 aliphatic rings. The van der Waals surface area contributed by atoms with Crippen LogP contribution in [0.15, 0.2) is 54.7 Å². The summed E-state index contributed by atoms with van der Waals surface area (Å²) in [6.07, 6.45) is 0.295. The van der Waals surface area contributed by atoms with Crippen LogP contribution in [0.1, 0.15) is 29.8 Å². The Morgan fingerprint density at radius 3 is 2.31 bits per heavy atom. The van der Waals surface area contributed by atoms with Crippen LogP contribution in [-0.2, 0) is 6.54 Å². The van der Waals surface area contributed by atoms with Gasteiger partial charge >= 0.3 is 6.09 Å². The van der Waals surface area contributed by atoms with E-state index < -0.39 is 6.09 Å². The molecule has 0 spiro atoms. The molecule has 2 aromatic carbocycles. The predicted octanol–water partition coefficient (Wildman–Crippen LogP) is 4.34. The second-order valence-corrected chi connectivity index (χ2v) is 8.74. The van der Waals surface area contributed by atoms with Gasteiger partial charge in [0, 0.05) is 43.1 Å². The van der Waals surface area contributed by atoms with Crippen molar-refractivity contribution in [1.29, 1.82) is 0 Å². The van der Waals surface area contributed by atoms with Crippen LogP contribution in [0.25, 0.3) is 0 Å². The number of benzene rings is 2. The van der Waals surface area contributed by atoms with E-state index in [1.165, 1.54) is 26.5 Å². The molecular weight excluding hydrogens is 500 g/mol. The van der Waals surface area contributed by atoms with Gasteiger partial charge in [0.25, 0.3) is 5.91 Å².